The molecule has 1 aromatic carbocycles. The van der Waals surface area contributed by atoms with Gasteiger partial charge < -0.3 is 24.4 Å². The van der Waals surface area contributed by atoms with Gasteiger partial charge in [0.25, 0.3) is 11.5 Å². The average Bonchev–Trinajstić information content (AvgIpc) is 3.22. The highest BCUT2D eigenvalue weighted by atomic mass is 19.4. The summed E-state index contributed by atoms with van der Waals surface area (Å²) in [6.45, 7) is 1.19. The van der Waals surface area contributed by atoms with Crippen LogP contribution in [0.1, 0.15) is 28.5 Å². The van der Waals surface area contributed by atoms with Crippen LogP contribution in [-0.2, 0) is 9.47 Å². The summed E-state index contributed by atoms with van der Waals surface area (Å²) in [5.74, 6) is -0.749. The Morgan fingerprint density at radius 3 is 2.62 bits per heavy atom. The lowest BCUT2D eigenvalue weighted by Crippen LogP contribution is -2.34. The molecule has 0 radical (unpaired) electrons. The number of halogens is 3. The smallest absolute Gasteiger partial charge is 0.406 e. The van der Waals surface area contributed by atoms with Gasteiger partial charge >= 0.3 is 6.36 Å². The second-order valence-corrected chi connectivity index (χ2v) is 7.14. The van der Waals surface area contributed by atoms with Crippen molar-refractivity contribution in [2.75, 3.05) is 38.8 Å². The summed E-state index contributed by atoms with van der Waals surface area (Å²) < 4.78 is 51.4. The van der Waals surface area contributed by atoms with Crippen LogP contribution >= 0.6 is 0 Å². The molecule has 1 aliphatic heterocycles. The van der Waals surface area contributed by atoms with E-state index < -0.39 is 23.9 Å². The number of H-pyrrole nitrogens is 1. The molecule has 32 heavy (non-hydrogen) atoms. The fourth-order valence-electron chi connectivity index (χ4n) is 3.35. The van der Waals surface area contributed by atoms with Gasteiger partial charge in [-0.15, -0.1) is 13.2 Å². The zero-order valence-corrected chi connectivity index (χ0v) is 17.4. The molecule has 1 amide bonds. The zero-order chi connectivity index (χ0) is 23.3. The number of hydrogen-bond acceptors (Lipinski definition) is 7. The van der Waals surface area contributed by atoms with Crippen molar-refractivity contribution in [3.8, 4) is 5.75 Å². The molecule has 12 heteroatoms. The molecule has 0 unspecified atom stereocenters. The molecule has 3 rings (SSSR count). The van der Waals surface area contributed by atoms with Crippen molar-refractivity contribution < 1.29 is 32.2 Å². The van der Waals surface area contributed by atoms with Gasteiger partial charge in [-0.2, -0.15) is 0 Å². The Morgan fingerprint density at radius 2 is 2.03 bits per heavy atom. The number of nitrogens with zero attached hydrogens (tertiary/aromatic N) is 2. The zero-order valence-electron chi connectivity index (χ0n) is 17.4. The Bertz CT molecular complexity index is 980. The van der Waals surface area contributed by atoms with Crippen molar-refractivity contribution in [3.05, 3.63) is 51.9 Å². The molecule has 2 heterocycles. The topological polar surface area (TPSA) is 106 Å². The first-order chi connectivity index (χ1) is 15.2. The van der Waals surface area contributed by atoms with Crippen molar-refractivity contribution in [2.24, 2.45) is 0 Å². The maximum absolute atomic E-state index is 12.8. The van der Waals surface area contributed by atoms with Gasteiger partial charge in [-0.05, 0) is 24.1 Å². The van der Waals surface area contributed by atoms with Crippen molar-refractivity contribution in [2.45, 2.75) is 24.9 Å². The first kappa shape index (κ1) is 23.5. The number of anilines is 1. The van der Waals surface area contributed by atoms with Gasteiger partial charge in [-0.3, -0.25) is 14.6 Å². The Labute approximate surface area is 181 Å². The lowest BCUT2D eigenvalue weighted by atomic mass is 10.1. The molecule has 9 nitrogen and oxygen atoms in total. The number of benzene rings is 1. The van der Waals surface area contributed by atoms with Gasteiger partial charge in [0.1, 0.15) is 11.4 Å². The summed E-state index contributed by atoms with van der Waals surface area (Å²) in [5, 5.41) is 2.70. The number of rotatable bonds is 8. The van der Waals surface area contributed by atoms with Crippen molar-refractivity contribution >= 4 is 11.9 Å². The number of carbonyl (C=O) groups is 1. The fourth-order valence-corrected chi connectivity index (χ4v) is 3.35. The molecule has 0 spiro atoms. The molecule has 1 saturated heterocycles. The second kappa shape index (κ2) is 10.0. The summed E-state index contributed by atoms with van der Waals surface area (Å²) in [4.78, 5) is 33.6. The van der Waals surface area contributed by atoms with Crippen LogP contribution in [0.5, 0.6) is 5.75 Å². The number of ether oxygens (including phenoxy) is 3. The molecule has 2 aromatic rings. The molecule has 1 aliphatic rings. The first-order valence-corrected chi connectivity index (χ1v) is 9.73. The van der Waals surface area contributed by atoms with Gasteiger partial charge in [0.05, 0.1) is 18.8 Å². The standard InChI is InChI=1S/C20H23F3N4O5/c1-30-11-16(12-3-5-13(6-4-12)32-20(21,22)23)24-18(29)15-9-17(28)26-19(25-15)27-8-7-14(10-27)31-2/h3-6,9,14,16H,7-8,10-11H2,1-2H3,(H,24,29)(H,25,26,28)/t14-,16-/m1/s1. The molecule has 1 aromatic heterocycles. The molecule has 0 saturated carbocycles. The van der Waals surface area contributed by atoms with E-state index >= 15 is 0 Å². The number of hydrogen-bond donors (Lipinski definition) is 2. The Kier molecular flexibility index (Phi) is 7.36. The molecular weight excluding hydrogens is 433 g/mol. The predicted octanol–water partition coefficient (Wildman–Crippen LogP) is 2.01. The highest BCUT2D eigenvalue weighted by Crippen LogP contribution is 2.25. The monoisotopic (exact) mass is 456 g/mol. The van der Waals surface area contributed by atoms with E-state index in [9.17, 15) is 22.8 Å². The minimum absolute atomic E-state index is 0.00756. The molecule has 0 aliphatic carbocycles. The van der Waals surface area contributed by atoms with Gasteiger partial charge in [0, 0.05) is 33.4 Å². The summed E-state index contributed by atoms with van der Waals surface area (Å²) >= 11 is 0. The van der Waals surface area contributed by atoms with Crippen molar-refractivity contribution in [1.82, 2.24) is 15.3 Å². The Hall–Kier alpha value is -3.12. The summed E-state index contributed by atoms with van der Waals surface area (Å²) in [6.07, 6.45) is -4.03. The van der Waals surface area contributed by atoms with E-state index in [0.29, 0.717) is 18.7 Å². The minimum atomic E-state index is -4.80. The van der Waals surface area contributed by atoms with E-state index in [2.05, 4.69) is 20.0 Å². The lowest BCUT2D eigenvalue weighted by Gasteiger charge is -2.20. The van der Waals surface area contributed by atoms with Crippen LogP contribution in [0.3, 0.4) is 0 Å². The quantitative estimate of drug-likeness (QED) is 0.626. The Balaban J connectivity index is 1.75. The molecule has 174 valence electrons. The van der Waals surface area contributed by atoms with Crippen molar-refractivity contribution in [1.29, 1.82) is 0 Å². The number of aromatic amines is 1. The first-order valence-electron chi connectivity index (χ1n) is 9.73. The second-order valence-electron chi connectivity index (χ2n) is 7.14. The molecule has 1 fully saturated rings. The summed E-state index contributed by atoms with van der Waals surface area (Å²) in [7, 11) is 3.02. The van der Waals surface area contributed by atoms with E-state index in [0.717, 1.165) is 24.6 Å². The van der Waals surface area contributed by atoms with Gasteiger partial charge in [-0.25, -0.2) is 4.98 Å². The summed E-state index contributed by atoms with van der Waals surface area (Å²) in [6, 6.07) is 5.43. The van der Waals surface area contributed by atoms with Gasteiger partial charge in [0.15, 0.2) is 0 Å². The fraction of sp³-hybridized carbons (Fsp3) is 0.450. The van der Waals surface area contributed by atoms with Gasteiger partial charge in [-0.1, -0.05) is 12.1 Å². The Morgan fingerprint density at radius 1 is 1.31 bits per heavy atom. The normalized spacial score (nSPS) is 17.3. The molecule has 2 atom stereocenters. The maximum atomic E-state index is 12.8. The van der Waals surface area contributed by atoms with Crippen LogP contribution in [-0.4, -0.2) is 62.3 Å². The molecule has 2 N–H and O–H groups in total. The molecule has 0 bridgehead atoms. The predicted molar refractivity (Wildman–Crippen MR) is 108 cm³/mol. The SMILES string of the molecule is COC[C@@H](NC(=O)c1cc(=O)[nH]c(N2CC[C@@H](OC)C2)n1)c1ccc(OC(F)(F)F)cc1. The minimum Gasteiger partial charge on any atom is -0.406 e. The van der Waals surface area contributed by atoms with Gasteiger partial charge in [0.2, 0.25) is 5.95 Å². The van der Waals surface area contributed by atoms with Crippen LogP contribution in [0.4, 0.5) is 19.1 Å². The largest absolute Gasteiger partial charge is 0.573 e. The van der Waals surface area contributed by atoms with Crippen LogP contribution in [0.15, 0.2) is 35.1 Å². The van der Waals surface area contributed by atoms with Crippen LogP contribution in [0.2, 0.25) is 0 Å². The highest BCUT2D eigenvalue weighted by Gasteiger charge is 2.31. The third-order valence-electron chi connectivity index (χ3n) is 4.89. The number of methoxy groups -OCH3 is 2. The van der Waals surface area contributed by atoms with E-state index in [1.807, 2.05) is 4.90 Å². The van der Waals surface area contributed by atoms with Crippen LogP contribution < -0.4 is 20.5 Å². The number of aromatic nitrogens is 2. The number of amides is 1. The average molecular weight is 456 g/mol. The van der Waals surface area contributed by atoms with Crippen LogP contribution in [0.25, 0.3) is 0 Å². The maximum Gasteiger partial charge on any atom is 0.573 e. The third kappa shape index (κ3) is 6.20. The van der Waals surface area contributed by atoms with E-state index in [1.165, 1.54) is 19.2 Å². The van der Waals surface area contributed by atoms with Crippen molar-refractivity contribution in [3.63, 3.8) is 0 Å². The lowest BCUT2D eigenvalue weighted by molar-refractivity contribution is -0.274. The number of carbonyl (C=O) groups excluding carboxylic acids is 1. The van der Waals surface area contributed by atoms with E-state index in [4.69, 9.17) is 9.47 Å². The van der Waals surface area contributed by atoms with E-state index in [1.54, 1.807) is 7.11 Å². The highest BCUT2D eigenvalue weighted by molar-refractivity contribution is 5.92. The number of nitrogens with one attached hydrogen (secondary N) is 2. The number of alkyl halides is 3. The summed E-state index contributed by atoms with van der Waals surface area (Å²) in [5.41, 5.74) is -0.0945. The van der Waals surface area contributed by atoms with E-state index in [-0.39, 0.29) is 30.1 Å². The third-order valence-corrected chi connectivity index (χ3v) is 4.89. The van der Waals surface area contributed by atoms with Crippen LogP contribution in [0, 0.1) is 0 Å². The molecular formula is C20H23F3N4O5.